The van der Waals surface area contributed by atoms with Crippen LogP contribution in [-0.2, 0) is 4.79 Å². The summed E-state index contributed by atoms with van der Waals surface area (Å²) >= 11 is 5.97. The average molecular weight is 411 g/mol. The van der Waals surface area contributed by atoms with Gasteiger partial charge in [-0.3, -0.25) is 19.4 Å². The third-order valence-electron chi connectivity index (χ3n) is 4.82. The Bertz CT molecular complexity index is 1190. The van der Waals surface area contributed by atoms with Gasteiger partial charge in [0.25, 0.3) is 5.56 Å². The van der Waals surface area contributed by atoms with Crippen LogP contribution in [0.2, 0.25) is 5.02 Å². The van der Waals surface area contributed by atoms with E-state index in [1.165, 1.54) is 12.1 Å². The molecule has 146 valence electrons. The van der Waals surface area contributed by atoms with Crippen molar-refractivity contribution in [1.29, 1.82) is 0 Å². The molecule has 0 bridgehead atoms. The van der Waals surface area contributed by atoms with Gasteiger partial charge in [0.1, 0.15) is 17.5 Å². The number of rotatable bonds is 3. The van der Waals surface area contributed by atoms with E-state index in [-0.39, 0.29) is 28.6 Å². The molecule has 8 nitrogen and oxygen atoms in total. The van der Waals surface area contributed by atoms with Crippen molar-refractivity contribution in [3.05, 3.63) is 80.6 Å². The summed E-state index contributed by atoms with van der Waals surface area (Å²) in [5.41, 5.74) is 5.65. The van der Waals surface area contributed by atoms with Gasteiger partial charge in [-0.2, -0.15) is 4.98 Å². The van der Waals surface area contributed by atoms with Crippen LogP contribution in [0.3, 0.4) is 0 Å². The molecule has 9 heteroatoms. The predicted molar refractivity (Wildman–Crippen MR) is 107 cm³/mol. The number of aromatic nitrogens is 2. The van der Waals surface area contributed by atoms with E-state index in [0.717, 1.165) is 0 Å². The van der Waals surface area contributed by atoms with E-state index in [2.05, 4.69) is 15.3 Å². The molecule has 0 saturated heterocycles. The number of nitrogens with zero attached hydrogens (tertiary/aromatic N) is 1. The minimum Gasteiger partial charge on any atom is -0.507 e. The number of halogens is 1. The lowest BCUT2D eigenvalue weighted by atomic mass is 9.75. The predicted octanol–water partition coefficient (Wildman–Crippen LogP) is 2.29. The zero-order chi connectivity index (χ0) is 20.7. The van der Waals surface area contributed by atoms with Crippen LogP contribution in [0.25, 0.3) is 0 Å². The lowest BCUT2D eigenvalue weighted by molar-refractivity contribution is -0.119. The first-order chi connectivity index (χ1) is 13.9. The van der Waals surface area contributed by atoms with Gasteiger partial charge in [-0.05, 0) is 29.8 Å². The molecule has 2 heterocycles. The third-order valence-corrected chi connectivity index (χ3v) is 5.08. The van der Waals surface area contributed by atoms with Crippen molar-refractivity contribution in [2.75, 3.05) is 11.1 Å². The number of phenols is 1. The fourth-order valence-corrected chi connectivity index (χ4v) is 3.67. The number of Topliss-reactive ketones (excluding diaryl/α,β-unsaturated/α-hetero) is 1. The Kier molecular flexibility index (Phi) is 4.56. The number of nitrogen functional groups attached to an aromatic ring is 1. The standard InChI is InChI=1S/C20H15ClN4O4/c21-10-7-5-9(6-8-10)13-14(16(27)11-3-1-2-4-12(11)26)18(28)23-17-15(13)19(29)25-20(22)24-17/h1-8,13-14,26H,(H4,22,23,24,25,28,29)/t13-,14-/m1/s1. The van der Waals surface area contributed by atoms with E-state index in [9.17, 15) is 19.5 Å². The normalized spacial score (nSPS) is 18.0. The van der Waals surface area contributed by atoms with E-state index >= 15 is 0 Å². The summed E-state index contributed by atoms with van der Waals surface area (Å²) in [6.07, 6.45) is 0. The Labute approximate surface area is 169 Å². The first-order valence-corrected chi connectivity index (χ1v) is 9.03. The second kappa shape index (κ2) is 7.06. The quantitative estimate of drug-likeness (QED) is 0.386. The minimum atomic E-state index is -1.30. The molecular formula is C20H15ClN4O4. The van der Waals surface area contributed by atoms with Gasteiger partial charge < -0.3 is 16.2 Å². The molecule has 0 radical (unpaired) electrons. The van der Waals surface area contributed by atoms with E-state index in [4.69, 9.17) is 17.3 Å². The van der Waals surface area contributed by atoms with Crippen molar-refractivity contribution in [2.45, 2.75) is 5.92 Å². The van der Waals surface area contributed by atoms with Crippen molar-refractivity contribution in [1.82, 2.24) is 9.97 Å². The van der Waals surface area contributed by atoms with Gasteiger partial charge in [-0.25, -0.2) is 0 Å². The third kappa shape index (κ3) is 3.23. The Morgan fingerprint density at radius 3 is 2.48 bits per heavy atom. The summed E-state index contributed by atoms with van der Waals surface area (Å²) in [6, 6.07) is 12.4. The van der Waals surface area contributed by atoms with E-state index in [0.29, 0.717) is 10.6 Å². The van der Waals surface area contributed by atoms with Crippen LogP contribution in [0, 0.1) is 5.92 Å². The second-order valence-electron chi connectivity index (χ2n) is 6.59. The van der Waals surface area contributed by atoms with Crippen LogP contribution in [0.4, 0.5) is 11.8 Å². The Morgan fingerprint density at radius 2 is 1.79 bits per heavy atom. The van der Waals surface area contributed by atoms with Gasteiger partial charge in [0.2, 0.25) is 11.9 Å². The first-order valence-electron chi connectivity index (χ1n) is 8.65. The fraction of sp³-hybridized carbons (Fsp3) is 0.100. The van der Waals surface area contributed by atoms with Gasteiger partial charge in [0.15, 0.2) is 5.78 Å². The summed E-state index contributed by atoms with van der Waals surface area (Å²) in [4.78, 5) is 45.3. The number of para-hydroxylation sites is 1. The number of carbonyl (C=O) groups is 2. The molecule has 1 aliphatic rings. The number of H-pyrrole nitrogens is 1. The van der Waals surface area contributed by atoms with Crippen LogP contribution < -0.4 is 16.6 Å². The highest BCUT2D eigenvalue weighted by molar-refractivity contribution is 6.30. The number of fused-ring (bicyclic) bond motifs is 1. The van der Waals surface area contributed by atoms with Gasteiger partial charge >= 0.3 is 0 Å². The molecule has 2 aromatic carbocycles. The van der Waals surface area contributed by atoms with Crippen molar-refractivity contribution in [2.24, 2.45) is 5.92 Å². The molecule has 29 heavy (non-hydrogen) atoms. The molecule has 4 rings (SSSR count). The molecule has 1 aromatic heterocycles. The Morgan fingerprint density at radius 1 is 1.10 bits per heavy atom. The number of carbonyl (C=O) groups excluding carboxylic acids is 2. The van der Waals surface area contributed by atoms with Crippen LogP contribution >= 0.6 is 11.6 Å². The number of aromatic hydroxyl groups is 1. The van der Waals surface area contributed by atoms with Gasteiger partial charge in [0.05, 0.1) is 11.1 Å². The van der Waals surface area contributed by atoms with Gasteiger partial charge in [-0.1, -0.05) is 35.9 Å². The molecule has 0 aliphatic carbocycles. The largest absolute Gasteiger partial charge is 0.507 e. The monoisotopic (exact) mass is 410 g/mol. The summed E-state index contributed by atoms with van der Waals surface area (Å²) in [7, 11) is 0. The molecular weight excluding hydrogens is 396 g/mol. The number of aromatic amines is 1. The van der Waals surface area contributed by atoms with Crippen LogP contribution in [-0.4, -0.2) is 26.8 Å². The lowest BCUT2D eigenvalue weighted by Crippen LogP contribution is -2.42. The SMILES string of the molecule is Nc1nc2c(c(=O)[nH]1)[C@H](c1ccc(Cl)cc1)[C@H](C(=O)c1ccccc1O)C(=O)N2. The molecule has 0 fully saturated rings. The van der Waals surface area contributed by atoms with Crippen LogP contribution in [0.1, 0.15) is 27.4 Å². The molecule has 1 amide bonds. The number of phenolic OH excluding ortho intramolecular Hbond substituents is 1. The summed E-state index contributed by atoms with van der Waals surface area (Å²) in [5, 5.41) is 13.1. The second-order valence-corrected chi connectivity index (χ2v) is 7.03. The molecule has 2 atom stereocenters. The van der Waals surface area contributed by atoms with E-state index in [1.807, 2.05) is 0 Å². The van der Waals surface area contributed by atoms with Crippen molar-refractivity contribution in [3.63, 3.8) is 0 Å². The number of hydrogen-bond acceptors (Lipinski definition) is 6. The maximum Gasteiger partial charge on any atom is 0.258 e. The highest BCUT2D eigenvalue weighted by Gasteiger charge is 2.44. The number of ketones is 1. The molecule has 1 aliphatic heterocycles. The highest BCUT2D eigenvalue weighted by atomic mass is 35.5. The number of nitrogens with two attached hydrogens (primary N) is 1. The maximum absolute atomic E-state index is 13.3. The van der Waals surface area contributed by atoms with Crippen LogP contribution in [0.5, 0.6) is 5.75 Å². The van der Waals surface area contributed by atoms with Crippen molar-refractivity contribution >= 4 is 35.1 Å². The van der Waals surface area contributed by atoms with E-state index in [1.54, 1.807) is 36.4 Å². The first kappa shape index (κ1) is 18.7. The molecule has 3 aromatic rings. The van der Waals surface area contributed by atoms with E-state index < -0.39 is 29.1 Å². The van der Waals surface area contributed by atoms with Crippen molar-refractivity contribution in [3.8, 4) is 5.75 Å². The topological polar surface area (TPSA) is 138 Å². The lowest BCUT2D eigenvalue weighted by Gasteiger charge is -2.31. The molecule has 5 N–H and O–H groups in total. The Hall–Kier alpha value is -3.65. The van der Waals surface area contributed by atoms with Crippen LogP contribution in [0.15, 0.2) is 53.3 Å². The molecule has 0 saturated carbocycles. The number of hydrogen-bond donors (Lipinski definition) is 4. The number of nitrogens with one attached hydrogen (secondary N) is 2. The zero-order valence-corrected chi connectivity index (χ0v) is 15.6. The number of amides is 1. The minimum absolute atomic E-state index is 0.00228. The Balaban J connectivity index is 1.94. The summed E-state index contributed by atoms with van der Waals surface area (Å²) < 4.78 is 0. The smallest absolute Gasteiger partial charge is 0.258 e. The van der Waals surface area contributed by atoms with Gasteiger partial charge in [-0.15, -0.1) is 0 Å². The summed E-state index contributed by atoms with van der Waals surface area (Å²) in [6.45, 7) is 0. The molecule has 0 spiro atoms. The van der Waals surface area contributed by atoms with Crippen molar-refractivity contribution < 1.29 is 14.7 Å². The average Bonchev–Trinajstić information content (AvgIpc) is 2.67. The fourth-order valence-electron chi connectivity index (χ4n) is 3.55. The number of benzene rings is 2. The summed E-state index contributed by atoms with van der Waals surface area (Å²) in [5.74, 6) is -3.93. The number of anilines is 2. The highest BCUT2D eigenvalue weighted by Crippen LogP contribution is 2.40. The maximum atomic E-state index is 13.3. The van der Waals surface area contributed by atoms with Gasteiger partial charge in [0, 0.05) is 10.9 Å². The molecule has 0 unspecified atom stereocenters. The zero-order valence-electron chi connectivity index (χ0n) is 14.8.